The van der Waals surface area contributed by atoms with Gasteiger partial charge in [0.25, 0.3) is 0 Å². The number of halogens is 1. The predicted octanol–water partition coefficient (Wildman–Crippen LogP) is 2.88. The lowest BCUT2D eigenvalue weighted by molar-refractivity contribution is 0.281. The molecule has 114 valence electrons. The van der Waals surface area contributed by atoms with E-state index in [1.165, 1.54) is 6.07 Å². The Kier molecular flexibility index (Phi) is 7.55. The van der Waals surface area contributed by atoms with Gasteiger partial charge in [-0.05, 0) is 56.7 Å². The van der Waals surface area contributed by atoms with Crippen LogP contribution in [0.15, 0.2) is 18.2 Å². The first-order valence-corrected chi connectivity index (χ1v) is 7.52. The van der Waals surface area contributed by atoms with E-state index in [4.69, 9.17) is 5.11 Å². The molecule has 0 spiro atoms. The minimum Gasteiger partial charge on any atom is -0.392 e. The average molecular weight is 282 g/mol. The fourth-order valence-corrected chi connectivity index (χ4v) is 2.40. The third-order valence-electron chi connectivity index (χ3n) is 3.67. The summed E-state index contributed by atoms with van der Waals surface area (Å²) in [5.41, 5.74) is 1.48. The molecule has 1 rings (SSSR count). The van der Waals surface area contributed by atoms with Crippen LogP contribution in [0.3, 0.4) is 0 Å². The van der Waals surface area contributed by atoms with Crippen LogP contribution in [0.25, 0.3) is 0 Å². The van der Waals surface area contributed by atoms with E-state index in [-0.39, 0.29) is 12.4 Å². The van der Waals surface area contributed by atoms with Crippen LogP contribution in [0.1, 0.15) is 32.8 Å². The van der Waals surface area contributed by atoms with Crippen LogP contribution in [0.2, 0.25) is 0 Å². The smallest absolute Gasteiger partial charge is 0.125 e. The zero-order valence-electron chi connectivity index (χ0n) is 12.9. The molecule has 0 unspecified atom stereocenters. The van der Waals surface area contributed by atoms with Gasteiger partial charge < -0.3 is 14.9 Å². The highest BCUT2D eigenvalue weighted by Crippen LogP contribution is 2.19. The van der Waals surface area contributed by atoms with Gasteiger partial charge in [-0.3, -0.25) is 0 Å². The van der Waals surface area contributed by atoms with Crippen molar-refractivity contribution >= 4 is 5.69 Å². The van der Waals surface area contributed by atoms with Gasteiger partial charge in [-0.15, -0.1) is 0 Å². The molecule has 0 bridgehead atoms. The summed E-state index contributed by atoms with van der Waals surface area (Å²) in [7, 11) is 0. The van der Waals surface area contributed by atoms with E-state index in [0.29, 0.717) is 5.56 Å². The van der Waals surface area contributed by atoms with Crippen molar-refractivity contribution in [3.63, 3.8) is 0 Å². The Bertz CT molecular complexity index is 394. The summed E-state index contributed by atoms with van der Waals surface area (Å²) in [6, 6.07) is 4.79. The molecule has 0 heterocycles. The molecule has 4 heteroatoms. The largest absolute Gasteiger partial charge is 0.392 e. The SMILES string of the molecule is CCN(CC)CCCN(CC)c1cc(F)cc(CO)c1. The molecule has 1 N–H and O–H groups in total. The van der Waals surface area contributed by atoms with E-state index in [1.54, 1.807) is 6.07 Å². The number of aliphatic hydroxyl groups is 1. The van der Waals surface area contributed by atoms with Crippen molar-refractivity contribution in [2.24, 2.45) is 0 Å². The maximum absolute atomic E-state index is 13.5. The Balaban J connectivity index is 2.64. The van der Waals surface area contributed by atoms with Gasteiger partial charge in [0.1, 0.15) is 5.82 Å². The first kappa shape index (κ1) is 16.9. The van der Waals surface area contributed by atoms with Crippen molar-refractivity contribution in [1.82, 2.24) is 4.90 Å². The molecular weight excluding hydrogens is 255 g/mol. The van der Waals surface area contributed by atoms with Gasteiger partial charge in [0.2, 0.25) is 0 Å². The maximum atomic E-state index is 13.5. The zero-order valence-corrected chi connectivity index (χ0v) is 12.9. The quantitative estimate of drug-likeness (QED) is 0.754. The summed E-state index contributed by atoms with van der Waals surface area (Å²) < 4.78 is 13.5. The first-order chi connectivity index (χ1) is 9.64. The number of hydrogen-bond donors (Lipinski definition) is 1. The Labute approximate surface area is 122 Å². The molecule has 1 aromatic rings. The van der Waals surface area contributed by atoms with Gasteiger partial charge >= 0.3 is 0 Å². The van der Waals surface area contributed by atoms with Crippen LogP contribution < -0.4 is 4.90 Å². The Morgan fingerprint density at radius 3 is 2.25 bits per heavy atom. The molecule has 0 atom stereocenters. The molecule has 0 aliphatic rings. The second-order valence-corrected chi connectivity index (χ2v) is 4.94. The first-order valence-electron chi connectivity index (χ1n) is 7.52. The number of rotatable bonds is 9. The van der Waals surface area contributed by atoms with Gasteiger partial charge in [-0.1, -0.05) is 13.8 Å². The lowest BCUT2D eigenvalue weighted by Crippen LogP contribution is -2.30. The van der Waals surface area contributed by atoms with E-state index < -0.39 is 0 Å². The molecule has 3 nitrogen and oxygen atoms in total. The van der Waals surface area contributed by atoms with E-state index in [9.17, 15) is 4.39 Å². The van der Waals surface area contributed by atoms with E-state index in [2.05, 4.69) is 30.6 Å². The highest BCUT2D eigenvalue weighted by molar-refractivity contribution is 5.48. The van der Waals surface area contributed by atoms with Crippen molar-refractivity contribution < 1.29 is 9.50 Å². The molecule has 1 aromatic carbocycles. The van der Waals surface area contributed by atoms with E-state index in [1.807, 2.05) is 6.07 Å². The van der Waals surface area contributed by atoms with Crippen LogP contribution in [0.4, 0.5) is 10.1 Å². The summed E-state index contributed by atoms with van der Waals surface area (Å²) in [5.74, 6) is -0.284. The molecule has 20 heavy (non-hydrogen) atoms. The summed E-state index contributed by atoms with van der Waals surface area (Å²) >= 11 is 0. The van der Waals surface area contributed by atoms with Gasteiger partial charge in [0.05, 0.1) is 6.61 Å². The van der Waals surface area contributed by atoms with E-state index in [0.717, 1.165) is 44.8 Å². The molecule has 0 saturated heterocycles. The molecule has 0 amide bonds. The highest BCUT2D eigenvalue weighted by Gasteiger charge is 2.08. The van der Waals surface area contributed by atoms with Gasteiger partial charge in [0.15, 0.2) is 0 Å². The maximum Gasteiger partial charge on any atom is 0.125 e. The van der Waals surface area contributed by atoms with Gasteiger partial charge in [0, 0.05) is 18.8 Å². The summed E-state index contributed by atoms with van der Waals surface area (Å²) in [5, 5.41) is 9.16. The van der Waals surface area contributed by atoms with Crippen molar-refractivity contribution in [3.05, 3.63) is 29.6 Å². The topological polar surface area (TPSA) is 26.7 Å². The molecule has 0 radical (unpaired) electrons. The number of aliphatic hydroxyl groups excluding tert-OH is 1. The highest BCUT2D eigenvalue weighted by atomic mass is 19.1. The standard InChI is InChI=1S/C16H27FN2O/c1-4-18(5-2)8-7-9-19(6-3)16-11-14(13-20)10-15(17)12-16/h10-12,20H,4-9,13H2,1-3H3. The van der Waals surface area contributed by atoms with Crippen LogP contribution in [0, 0.1) is 5.82 Å². The van der Waals surface area contributed by atoms with Crippen LogP contribution in [-0.4, -0.2) is 42.7 Å². The minimum absolute atomic E-state index is 0.123. The Morgan fingerprint density at radius 2 is 1.70 bits per heavy atom. The lowest BCUT2D eigenvalue weighted by atomic mass is 10.2. The second-order valence-electron chi connectivity index (χ2n) is 4.94. The fourth-order valence-electron chi connectivity index (χ4n) is 2.40. The number of benzene rings is 1. The Hall–Kier alpha value is -1.13. The van der Waals surface area contributed by atoms with Crippen LogP contribution in [0.5, 0.6) is 0 Å². The molecule has 0 aromatic heterocycles. The van der Waals surface area contributed by atoms with Crippen molar-refractivity contribution in [2.45, 2.75) is 33.8 Å². The average Bonchev–Trinajstić information content (AvgIpc) is 2.47. The number of hydrogen-bond acceptors (Lipinski definition) is 3. The van der Waals surface area contributed by atoms with Crippen molar-refractivity contribution in [1.29, 1.82) is 0 Å². The molecule has 0 aliphatic carbocycles. The van der Waals surface area contributed by atoms with Crippen LogP contribution >= 0.6 is 0 Å². The van der Waals surface area contributed by atoms with Crippen LogP contribution in [-0.2, 0) is 6.61 Å². The minimum atomic E-state index is -0.284. The Morgan fingerprint density at radius 1 is 1.00 bits per heavy atom. The molecule has 0 fully saturated rings. The summed E-state index contributed by atoms with van der Waals surface area (Å²) in [4.78, 5) is 4.55. The van der Waals surface area contributed by atoms with Crippen molar-refractivity contribution in [2.75, 3.05) is 37.6 Å². The van der Waals surface area contributed by atoms with E-state index >= 15 is 0 Å². The normalized spacial score (nSPS) is 11.1. The van der Waals surface area contributed by atoms with Gasteiger partial charge in [-0.2, -0.15) is 0 Å². The molecule has 0 saturated carbocycles. The second kappa shape index (κ2) is 8.93. The molecule has 0 aliphatic heterocycles. The number of anilines is 1. The molecular formula is C16H27FN2O. The summed E-state index contributed by atoms with van der Waals surface area (Å²) in [6.45, 7) is 11.2. The van der Waals surface area contributed by atoms with Crippen molar-refractivity contribution in [3.8, 4) is 0 Å². The number of nitrogens with zero attached hydrogens (tertiary/aromatic N) is 2. The summed E-state index contributed by atoms with van der Waals surface area (Å²) in [6.07, 6.45) is 1.06. The predicted molar refractivity (Wildman–Crippen MR) is 82.6 cm³/mol. The third-order valence-corrected chi connectivity index (χ3v) is 3.67. The fraction of sp³-hybridized carbons (Fsp3) is 0.625. The zero-order chi connectivity index (χ0) is 15.0. The van der Waals surface area contributed by atoms with Gasteiger partial charge in [-0.25, -0.2) is 4.39 Å². The lowest BCUT2D eigenvalue weighted by Gasteiger charge is -2.25. The third kappa shape index (κ3) is 5.10. The monoisotopic (exact) mass is 282 g/mol.